The minimum atomic E-state index is -1.26. The monoisotopic (exact) mass is 460 g/mol. The highest BCUT2D eigenvalue weighted by molar-refractivity contribution is 7.80. The van der Waals surface area contributed by atoms with Gasteiger partial charge in [0.15, 0.2) is 0 Å². The molecule has 0 spiro atoms. The first-order chi connectivity index (χ1) is 14.5. The van der Waals surface area contributed by atoms with Gasteiger partial charge in [-0.1, -0.05) is 13.8 Å². The number of nitrogens with one attached hydrogen (secondary N) is 4. The maximum atomic E-state index is 12.8. The molecule has 0 saturated carbocycles. The molecule has 11 nitrogen and oxygen atoms in total. The lowest BCUT2D eigenvalue weighted by atomic mass is 10.0. The molecule has 0 aromatic heterocycles. The van der Waals surface area contributed by atoms with Gasteiger partial charge in [-0.25, -0.2) is 4.79 Å². The Balaban J connectivity index is 2.90. The van der Waals surface area contributed by atoms with E-state index in [0.29, 0.717) is 13.0 Å². The molecule has 1 aliphatic heterocycles. The van der Waals surface area contributed by atoms with Crippen LogP contribution in [0.3, 0.4) is 0 Å². The summed E-state index contributed by atoms with van der Waals surface area (Å²) in [5.74, 6) is -4.32. The number of carboxylic acids is 2. The summed E-state index contributed by atoms with van der Waals surface area (Å²) in [7, 11) is 0. The van der Waals surface area contributed by atoms with Gasteiger partial charge in [-0.05, 0) is 38.1 Å². The summed E-state index contributed by atoms with van der Waals surface area (Å²) < 4.78 is 0. The van der Waals surface area contributed by atoms with Crippen molar-refractivity contribution >= 4 is 42.3 Å². The molecule has 1 aliphatic rings. The van der Waals surface area contributed by atoms with Gasteiger partial charge in [0.05, 0.1) is 6.04 Å². The molecule has 12 heteroatoms. The number of hydrogen-bond acceptors (Lipinski definition) is 7. The van der Waals surface area contributed by atoms with Crippen molar-refractivity contribution in [2.45, 2.75) is 70.1 Å². The van der Waals surface area contributed by atoms with E-state index in [1.165, 1.54) is 0 Å². The normalized spacial score (nSPS) is 18.6. The van der Waals surface area contributed by atoms with Gasteiger partial charge in [0, 0.05) is 12.2 Å². The minimum Gasteiger partial charge on any atom is -0.481 e. The van der Waals surface area contributed by atoms with Crippen molar-refractivity contribution in [3.63, 3.8) is 0 Å². The van der Waals surface area contributed by atoms with E-state index in [1.807, 2.05) is 13.8 Å². The number of aliphatic carboxylic acids is 2. The number of amides is 3. The number of carbonyl (C=O) groups is 5. The Labute approximate surface area is 186 Å². The number of thiol groups is 1. The molecule has 0 radical (unpaired) electrons. The molecule has 1 rings (SSSR count). The summed E-state index contributed by atoms with van der Waals surface area (Å²) in [5.41, 5.74) is 0. The maximum Gasteiger partial charge on any atom is 0.327 e. The Bertz CT molecular complexity index is 668. The van der Waals surface area contributed by atoms with E-state index in [0.717, 1.165) is 6.42 Å². The van der Waals surface area contributed by atoms with Crippen LogP contribution in [-0.4, -0.2) is 76.3 Å². The number of rotatable bonds is 13. The third kappa shape index (κ3) is 9.55. The standard InChI is InChI=1S/C19H32N4O7S/c1-10(2)8-13(18(28)23-14(9-31)19(29)30)22-17(27)12(5-6-15(24)25)21-16(26)11-4-3-7-20-11/h10-14,20,31H,3-9H2,1-2H3,(H,21,26)(H,22,27)(H,23,28)(H,24,25)(H,29,30). The maximum absolute atomic E-state index is 12.8. The first-order valence-electron chi connectivity index (χ1n) is 10.2. The zero-order chi connectivity index (χ0) is 23.6. The SMILES string of the molecule is CC(C)CC(NC(=O)C(CCC(=O)O)NC(=O)C1CCCN1)C(=O)NC(CS)C(=O)O. The van der Waals surface area contributed by atoms with Gasteiger partial charge in [0.1, 0.15) is 18.1 Å². The summed E-state index contributed by atoms with van der Waals surface area (Å²) in [4.78, 5) is 60.0. The quantitative estimate of drug-likeness (QED) is 0.173. The van der Waals surface area contributed by atoms with Crippen LogP contribution in [-0.2, 0) is 24.0 Å². The third-order valence-electron chi connectivity index (χ3n) is 4.79. The van der Waals surface area contributed by atoms with Gasteiger partial charge in [0.25, 0.3) is 0 Å². The Hall–Kier alpha value is -2.34. The Morgan fingerprint density at radius 1 is 1.00 bits per heavy atom. The second-order valence-electron chi connectivity index (χ2n) is 7.92. The number of hydrogen-bond donors (Lipinski definition) is 7. The van der Waals surface area contributed by atoms with Crippen molar-refractivity contribution in [2.24, 2.45) is 5.92 Å². The second-order valence-corrected chi connectivity index (χ2v) is 8.28. The van der Waals surface area contributed by atoms with E-state index < -0.39 is 53.8 Å². The van der Waals surface area contributed by atoms with Crippen molar-refractivity contribution in [2.75, 3.05) is 12.3 Å². The first kappa shape index (κ1) is 26.7. The van der Waals surface area contributed by atoms with Gasteiger partial charge >= 0.3 is 11.9 Å². The molecular formula is C19H32N4O7S. The van der Waals surface area contributed by atoms with E-state index in [2.05, 4.69) is 33.9 Å². The van der Waals surface area contributed by atoms with Crippen molar-refractivity contribution in [3.05, 3.63) is 0 Å². The molecule has 6 N–H and O–H groups in total. The van der Waals surface area contributed by atoms with Crippen LogP contribution < -0.4 is 21.3 Å². The molecule has 1 saturated heterocycles. The van der Waals surface area contributed by atoms with Crippen LogP contribution in [0.2, 0.25) is 0 Å². The topological polar surface area (TPSA) is 174 Å². The summed E-state index contributed by atoms with van der Waals surface area (Å²) >= 11 is 3.91. The lowest BCUT2D eigenvalue weighted by Crippen LogP contribution is -2.57. The van der Waals surface area contributed by atoms with Crippen molar-refractivity contribution < 1.29 is 34.2 Å². The highest BCUT2D eigenvalue weighted by atomic mass is 32.1. The molecule has 31 heavy (non-hydrogen) atoms. The first-order valence-corrected chi connectivity index (χ1v) is 10.9. The largest absolute Gasteiger partial charge is 0.481 e. The average molecular weight is 461 g/mol. The predicted molar refractivity (Wildman–Crippen MR) is 115 cm³/mol. The Morgan fingerprint density at radius 3 is 2.10 bits per heavy atom. The van der Waals surface area contributed by atoms with Gasteiger partial charge < -0.3 is 31.5 Å². The molecule has 176 valence electrons. The van der Waals surface area contributed by atoms with Crippen molar-refractivity contribution in [3.8, 4) is 0 Å². The zero-order valence-corrected chi connectivity index (χ0v) is 18.6. The van der Waals surface area contributed by atoms with Crippen LogP contribution >= 0.6 is 12.6 Å². The fraction of sp³-hybridized carbons (Fsp3) is 0.737. The van der Waals surface area contributed by atoms with Crippen LogP contribution in [0.5, 0.6) is 0 Å². The molecular weight excluding hydrogens is 428 g/mol. The lowest BCUT2D eigenvalue weighted by Gasteiger charge is -2.25. The van der Waals surface area contributed by atoms with Crippen LogP contribution in [0.1, 0.15) is 46.0 Å². The predicted octanol–water partition coefficient (Wildman–Crippen LogP) is -0.882. The van der Waals surface area contributed by atoms with E-state index in [4.69, 9.17) is 10.2 Å². The smallest absolute Gasteiger partial charge is 0.327 e. The molecule has 1 fully saturated rings. The van der Waals surface area contributed by atoms with Gasteiger partial charge in [0.2, 0.25) is 17.7 Å². The van der Waals surface area contributed by atoms with Crippen molar-refractivity contribution in [1.29, 1.82) is 0 Å². The molecule has 1 heterocycles. The summed E-state index contributed by atoms with van der Waals surface area (Å²) in [6, 6.07) is -3.88. The highest BCUT2D eigenvalue weighted by Gasteiger charge is 2.31. The van der Waals surface area contributed by atoms with E-state index in [1.54, 1.807) is 0 Å². The summed E-state index contributed by atoms with van der Waals surface area (Å²) in [5, 5.41) is 28.5. The van der Waals surface area contributed by atoms with Gasteiger partial charge in [-0.3, -0.25) is 19.2 Å². The molecule has 0 aromatic rings. The number of carbonyl (C=O) groups excluding carboxylic acids is 3. The fourth-order valence-electron chi connectivity index (χ4n) is 3.15. The molecule has 4 atom stereocenters. The fourth-order valence-corrected chi connectivity index (χ4v) is 3.40. The number of carboxylic acid groups (broad SMARTS) is 2. The minimum absolute atomic E-state index is 0.00919. The molecule has 3 amide bonds. The van der Waals surface area contributed by atoms with E-state index in [-0.39, 0.29) is 30.9 Å². The van der Waals surface area contributed by atoms with Crippen LogP contribution in [0.25, 0.3) is 0 Å². The molecule has 4 unspecified atom stereocenters. The van der Waals surface area contributed by atoms with Gasteiger partial charge in [-0.2, -0.15) is 12.6 Å². The third-order valence-corrected chi connectivity index (χ3v) is 5.16. The van der Waals surface area contributed by atoms with E-state index in [9.17, 15) is 24.0 Å². The molecule has 0 bridgehead atoms. The molecule has 0 aromatic carbocycles. The van der Waals surface area contributed by atoms with Crippen LogP contribution in [0, 0.1) is 5.92 Å². The average Bonchev–Trinajstić information content (AvgIpc) is 3.22. The lowest BCUT2D eigenvalue weighted by molar-refractivity contribution is -0.141. The van der Waals surface area contributed by atoms with Crippen molar-refractivity contribution in [1.82, 2.24) is 21.3 Å². The van der Waals surface area contributed by atoms with E-state index >= 15 is 0 Å². The summed E-state index contributed by atoms with van der Waals surface area (Å²) in [6.07, 6.45) is 1.15. The Kier molecular flexibility index (Phi) is 11.3. The zero-order valence-electron chi connectivity index (χ0n) is 17.7. The van der Waals surface area contributed by atoms with Gasteiger partial charge in [-0.15, -0.1) is 0 Å². The highest BCUT2D eigenvalue weighted by Crippen LogP contribution is 2.09. The second kappa shape index (κ2) is 13.2. The summed E-state index contributed by atoms with van der Waals surface area (Å²) in [6.45, 7) is 4.33. The van der Waals surface area contributed by atoms with Crippen LogP contribution in [0.15, 0.2) is 0 Å². The molecule has 0 aliphatic carbocycles. The Morgan fingerprint density at radius 2 is 1.61 bits per heavy atom. The van der Waals surface area contributed by atoms with Crippen LogP contribution in [0.4, 0.5) is 0 Å².